The van der Waals surface area contributed by atoms with Crippen LogP contribution in [-0.2, 0) is 39.4 Å². The highest BCUT2D eigenvalue weighted by Gasteiger charge is 2.66. The highest BCUT2D eigenvalue weighted by atomic mass is 127. The highest BCUT2D eigenvalue weighted by Crippen LogP contribution is 2.60. The van der Waals surface area contributed by atoms with E-state index in [0.717, 1.165) is 25.9 Å². The predicted octanol–water partition coefficient (Wildman–Crippen LogP) is 5.63. The molecule has 10 heteroatoms. The molecule has 43 heavy (non-hydrogen) atoms. The number of fused-ring (bicyclic) bond motifs is 3. The Labute approximate surface area is 272 Å². The average molecular weight is 731 g/mol. The molecule has 0 aliphatic carbocycles. The van der Waals surface area contributed by atoms with Crippen molar-refractivity contribution in [3.05, 3.63) is 97.6 Å². The lowest BCUT2D eigenvalue weighted by Crippen LogP contribution is -2.48. The average Bonchev–Trinajstić information content (AvgIpc) is 3.38. The van der Waals surface area contributed by atoms with Crippen molar-refractivity contribution in [2.45, 2.75) is 69.2 Å². The fraction of sp³-hybridized carbons (Fsp3) is 0.394. The third-order valence-electron chi connectivity index (χ3n) is 9.44. The number of aliphatic hydroxyl groups is 1. The maximum absolute atomic E-state index is 14.6. The molecule has 2 amide bonds. The van der Waals surface area contributed by atoms with Gasteiger partial charge in [0, 0.05) is 32.2 Å². The maximum atomic E-state index is 14.6. The molecule has 0 radical (unpaired) electrons. The monoisotopic (exact) mass is 730 g/mol. The molecule has 2 N–H and O–H groups in total. The SMILES string of the molecule is C[C@@H]1[C@@H]([Si](C)(C)O)[C@H](CC(=O)N2Cc3ccccc3C[C@H]2CO)O[C@@]12C(=O)N(Cc1cccc(I)c1)c1ccc(Cl)cc12. The van der Waals surface area contributed by atoms with Gasteiger partial charge in [-0.1, -0.05) is 54.9 Å². The molecule has 226 valence electrons. The zero-order valence-electron chi connectivity index (χ0n) is 24.5. The molecule has 0 unspecified atom stereocenters. The van der Waals surface area contributed by atoms with Crippen molar-refractivity contribution >= 4 is 60.0 Å². The van der Waals surface area contributed by atoms with Gasteiger partial charge in [0.05, 0.1) is 37.4 Å². The molecule has 3 aliphatic heterocycles. The van der Waals surface area contributed by atoms with Crippen LogP contribution in [0.1, 0.15) is 35.6 Å². The van der Waals surface area contributed by atoms with E-state index < -0.39 is 31.5 Å². The lowest BCUT2D eigenvalue weighted by atomic mass is 9.82. The molecule has 1 fully saturated rings. The molecule has 3 heterocycles. The molecule has 1 saturated heterocycles. The molecule has 5 atom stereocenters. The lowest BCUT2D eigenvalue weighted by molar-refractivity contribution is -0.151. The normalized spacial score (nSPS) is 26.6. The van der Waals surface area contributed by atoms with Crippen LogP contribution in [0.3, 0.4) is 0 Å². The van der Waals surface area contributed by atoms with Gasteiger partial charge in [0.1, 0.15) is 0 Å². The number of amides is 2. The summed E-state index contributed by atoms with van der Waals surface area (Å²) in [5, 5.41) is 10.7. The fourth-order valence-corrected chi connectivity index (χ4v) is 10.9. The largest absolute Gasteiger partial charge is 0.432 e. The summed E-state index contributed by atoms with van der Waals surface area (Å²) in [5.41, 5.74) is 2.83. The molecule has 1 spiro atoms. The zero-order valence-corrected chi connectivity index (χ0v) is 28.4. The third kappa shape index (κ3) is 5.36. The summed E-state index contributed by atoms with van der Waals surface area (Å²) in [5.74, 6) is -0.758. The molecule has 0 bridgehead atoms. The van der Waals surface area contributed by atoms with E-state index in [1.54, 1.807) is 21.9 Å². The number of carbonyl (C=O) groups is 2. The van der Waals surface area contributed by atoms with E-state index in [-0.39, 0.29) is 30.9 Å². The predicted molar refractivity (Wildman–Crippen MR) is 177 cm³/mol. The molecule has 3 aromatic rings. The number of aliphatic hydroxyl groups excluding tert-OH is 1. The van der Waals surface area contributed by atoms with Crippen LogP contribution in [0.2, 0.25) is 23.7 Å². The van der Waals surface area contributed by atoms with Crippen molar-refractivity contribution in [2.24, 2.45) is 5.92 Å². The number of carbonyl (C=O) groups excluding carboxylic acids is 2. The van der Waals surface area contributed by atoms with Gasteiger partial charge in [-0.2, -0.15) is 0 Å². The topological polar surface area (TPSA) is 90.3 Å². The van der Waals surface area contributed by atoms with Crippen molar-refractivity contribution in [1.82, 2.24) is 4.90 Å². The van der Waals surface area contributed by atoms with Crippen LogP contribution in [-0.4, -0.2) is 53.7 Å². The Morgan fingerprint density at radius 1 is 1.12 bits per heavy atom. The van der Waals surface area contributed by atoms with Gasteiger partial charge in [0.15, 0.2) is 13.9 Å². The minimum Gasteiger partial charge on any atom is -0.432 e. The van der Waals surface area contributed by atoms with Crippen LogP contribution in [0.5, 0.6) is 0 Å². The minimum absolute atomic E-state index is 0.00642. The van der Waals surface area contributed by atoms with Gasteiger partial charge >= 0.3 is 0 Å². The Balaban J connectivity index is 1.36. The zero-order chi connectivity index (χ0) is 30.7. The second-order valence-corrected chi connectivity index (χ2v) is 18.2. The molecular formula is C33H36ClIN2O5Si. The van der Waals surface area contributed by atoms with Gasteiger partial charge in [-0.15, -0.1) is 0 Å². The van der Waals surface area contributed by atoms with E-state index in [9.17, 15) is 19.5 Å². The van der Waals surface area contributed by atoms with Gasteiger partial charge in [0.2, 0.25) is 5.91 Å². The van der Waals surface area contributed by atoms with Crippen LogP contribution in [0.15, 0.2) is 66.7 Å². The van der Waals surface area contributed by atoms with Gasteiger partial charge in [-0.25, -0.2) is 0 Å². The number of hydrogen-bond acceptors (Lipinski definition) is 5. The van der Waals surface area contributed by atoms with Crippen LogP contribution in [0, 0.1) is 9.49 Å². The molecule has 3 aromatic carbocycles. The number of rotatable bonds is 6. The van der Waals surface area contributed by atoms with E-state index in [2.05, 4.69) is 28.7 Å². The summed E-state index contributed by atoms with van der Waals surface area (Å²) < 4.78 is 7.94. The van der Waals surface area contributed by atoms with Gasteiger partial charge in [-0.3, -0.25) is 9.59 Å². The fourth-order valence-electron chi connectivity index (χ4n) is 7.56. The van der Waals surface area contributed by atoms with Gasteiger partial charge in [-0.05, 0) is 89.1 Å². The Kier molecular flexibility index (Phi) is 8.27. The molecule has 6 rings (SSSR count). The first-order chi connectivity index (χ1) is 20.4. The highest BCUT2D eigenvalue weighted by molar-refractivity contribution is 14.1. The quantitative estimate of drug-likeness (QED) is 0.254. The van der Waals surface area contributed by atoms with E-state index in [0.29, 0.717) is 30.1 Å². The van der Waals surface area contributed by atoms with Gasteiger partial charge in [0.25, 0.3) is 5.91 Å². The summed E-state index contributed by atoms with van der Waals surface area (Å²) >= 11 is 8.78. The van der Waals surface area contributed by atoms with Crippen molar-refractivity contribution in [1.29, 1.82) is 0 Å². The molecule has 0 aromatic heterocycles. The van der Waals surface area contributed by atoms with E-state index >= 15 is 0 Å². The first-order valence-corrected chi connectivity index (χ1v) is 19.2. The number of anilines is 1. The van der Waals surface area contributed by atoms with Crippen LogP contribution in [0.25, 0.3) is 0 Å². The standard InChI is InChI=1S/C33H36ClIN2O5Si/c1-20-31(43(2,3)41)29(16-30(39)36-18-23-9-5-4-8-22(23)14-26(36)19-38)42-33(20)27-15-24(34)11-12-28(27)37(32(33)40)17-21-7-6-10-25(35)13-21/h4-13,15,20,26,29,31,38,41H,14,16-19H2,1-3H3/t20-,26+,29+,31-,33+/m1/s1. The Morgan fingerprint density at radius 2 is 1.86 bits per heavy atom. The number of halogens is 2. The first-order valence-electron chi connectivity index (χ1n) is 14.7. The van der Waals surface area contributed by atoms with E-state index in [4.69, 9.17) is 16.3 Å². The van der Waals surface area contributed by atoms with Crippen LogP contribution in [0.4, 0.5) is 5.69 Å². The summed E-state index contributed by atoms with van der Waals surface area (Å²) in [4.78, 5) is 43.7. The van der Waals surface area contributed by atoms with Crippen LogP contribution < -0.4 is 4.90 Å². The number of ether oxygens (including phenoxy) is 1. The first kappa shape index (κ1) is 30.7. The maximum Gasteiger partial charge on any atom is 0.264 e. The molecule has 7 nitrogen and oxygen atoms in total. The summed E-state index contributed by atoms with van der Waals surface area (Å²) in [7, 11) is -2.96. The summed E-state index contributed by atoms with van der Waals surface area (Å²) in [6.45, 7) is 6.28. The van der Waals surface area contributed by atoms with Crippen molar-refractivity contribution in [3.8, 4) is 0 Å². The van der Waals surface area contributed by atoms with E-state index in [1.807, 2.05) is 68.5 Å². The number of nitrogens with zero attached hydrogens (tertiary/aromatic N) is 2. The second kappa shape index (κ2) is 11.6. The lowest BCUT2D eigenvalue weighted by Gasteiger charge is -2.37. The summed E-state index contributed by atoms with van der Waals surface area (Å²) in [6, 6.07) is 21.1. The third-order valence-corrected chi connectivity index (χ3v) is 12.8. The van der Waals surface area contributed by atoms with Gasteiger partial charge < -0.3 is 24.4 Å². The Bertz CT molecular complexity index is 1580. The Hall–Kier alpha value is -2.28. The summed E-state index contributed by atoms with van der Waals surface area (Å²) in [6.07, 6.45) is -0.0999. The minimum atomic E-state index is -2.96. The number of hydrogen-bond donors (Lipinski definition) is 2. The van der Waals surface area contributed by atoms with E-state index in [1.165, 1.54) is 0 Å². The van der Waals surface area contributed by atoms with Crippen LogP contribution >= 0.6 is 34.2 Å². The van der Waals surface area contributed by atoms with Crippen molar-refractivity contribution < 1.29 is 24.2 Å². The number of benzene rings is 3. The molecular weight excluding hydrogens is 695 g/mol. The smallest absolute Gasteiger partial charge is 0.264 e. The molecule has 0 saturated carbocycles. The van der Waals surface area contributed by atoms with Crippen molar-refractivity contribution in [3.63, 3.8) is 0 Å². The second-order valence-electron chi connectivity index (χ2n) is 12.6. The van der Waals surface area contributed by atoms with Crippen molar-refractivity contribution in [2.75, 3.05) is 11.5 Å². The molecule has 3 aliphatic rings. The Morgan fingerprint density at radius 3 is 2.56 bits per heavy atom.